The average Bonchev–Trinajstić information content (AvgIpc) is 2.40. The summed E-state index contributed by atoms with van der Waals surface area (Å²) in [6.45, 7) is 6.34. The number of nitrogens with one attached hydrogen (secondary N) is 1. The summed E-state index contributed by atoms with van der Waals surface area (Å²) < 4.78 is 6.84. The highest BCUT2D eigenvalue weighted by Crippen LogP contribution is 2.35. The van der Waals surface area contributed by atoms with Gasteiger partial charge in [-0.3, -0.25) is 5.41 Å². The first-order chi connectivity index (χ1) is 9.88. The van der Waals surface area contributed by atoms with Gasteiger partial charge in [-0.25, -0.2) is 0 Å². The zero-order chi connectivity index (χ0) is 15.6. The van der Waals surface area contributed by atoms with E-state index in [-0.39, 0.29) is 5.84 Å². The van der Waals surface area contributed by atoms with Crippen LogP contribution in [-0.2, 0) is 0 Å². The maximum absolute atomic E-state index is 7.46. The Balaban J connectivity index is 2.38. The predicted octanol–water partition coefficient (Wildman–Crippen LogP) is 4.96. The molecule has 0 fully saturated rings. The lowest BCUT2D eigenvalue weighted by Gasteiger charge is -2.16. The van der Waals surface area contributed by atoms with Crippen molar-refractivity contribution in [3.05, 3.63) is 57.6 Å². The number of nitrogen functional groups attached to an aromatic ring is 1. The van der Waals surface area contributed by atoms with Crippen LogP contribution in [0.3, 0.4) is 0 Å². The highest BCUT2D eigenvalue weighted by Gasteiger charge is 2.11. The van der Waals surface area contributed by atoms with Gasteiger partial charge in [0, 0.05) is 5.56 Å². The number of halogens is 1. The van der Waals surface area contributed by atoms with Gasteiger partial charge in [-0.15, -0.1) is 0 Å². The van der Waals surface area contributed by atoms with E-state index in [4.69, 9.17) is 15.9 Å². The lowest BCUT2D eigenvalue weighted by Crippen LogP contribution is -2.10. The smallest absolute Gasteiger partial charge is 0.141 e. The minimum Gasteiger partial charge on any atom is -0.456 e. The molecule has 0 aliphatic rings. The molecule has 21 heavy (non-hydrogen) atoms. The van der Waals surface area contributed by atoms with E-state index in [1.54, 1.807) is 12.1 Å². The third kappa shape index (κ3) is 3.64. The highest BCUT2D eigenvalue weighted by atomic mass is 79.9. The summed E-state index contributed by atoms with van der Waals surface area (Å²) in [5, 5.41) is 7.46. The predicted molar refractivity (Wildman–Crippen MR) is 90.5 cm³/mol. The molecule has 2 aromatic rings. The Morgan fingerprint density at radius 2 is 1.86 bits per heavy atom. The monoisotopic (exact) mass is 346 g/mol. The fourth-order valence-electron chi connectivity index (χ4n) is 2.08. The molecular formula is C17H19BrN2O. The first-order valence-corrected chi connectivity index (χ1v) is 7.60. The van der Waals surface area contributed by atoms with Crippen molar-refractivity contribution in [2.75, 3.05) is 0 Å². The second kappa shape index (κ2) is 6.31. The normalized spacial score (nSPS) is 10.7. The molecule has 0 bridgehead atoms. The number of amidine groups is 1. The molecule has 2 aromatic carbocycles. The van der Waals surface area contributed by atoms with Crippen molar-refractivity contribution in [2.45, 2.75) is 26.7 Å². The molecule has 0 amide bonds. The molecule has 0 aromatic heterocycles. The van der Waals surface area contributed by atoms with Crippen molar-refractivity contribution in [1.82, 2.24) is 0 Å². The second-order valence-corrected chi connectivity index (χ2v) is 6.21. The molecule has 0 heterocycles. The van der Waals surface area contributed by atoms with Gasteiger partial charge < -0.3 is 10.5 Å². The van der Waals surface area contributed by atoms with E-state index in [0.29, 0.717) is 17.2 Å². The number of nitrogens with two attached hydrogens (primary N) is 1. The quantitative estimate of drug-likeness (QED) is 0.607. The third-order valence-electron chi connectivity index (χ3n) is 3.25. The Bertz CT molecular complexity index is 680. The van der Waals surface area contributed by atoms with Crippen molar-refractivity contribution < 1.29 is 4.74 Å². The van der Waals surface area contributed by atoms with Crippen molar-refractivity contribution in [3.63, 3.8) is 0 Å². The molecule has 110 valence electrons. The SMILES string of the molecule is Cc1ccc(C(C)C)c(Oc2ccc(C(=N)N)cc2Br)c1. The average molecular weight is 347 g/mol. The maximum Gasteiger partial charge on any atom is 0.141 e. The molecule has 0 aliphatic carbocycles. The zero-order valence-corrected chi connectivity index (χ0v) is 14.0. The van der Waals surface area contributed by atoms with Gasteiger partial charge in [0.2, 0.25) is 0 Å². The summed E-state index contributed by atoms with van der Waals surface area (Å²) in [5.41, 5.74) is 8.49. The molecule has 4 heteroatoms. The van der Waals surface area contributed by atoms with E-state index in [1.807, 2.05) is 19.1 Å². The van der Waals surface area contributed by atoms with E-state index < -0.39 is 0 Å². The lowest BCUT2D eigenvalue weighted by atomic mass is 10.0. The third-order valence-corrected chi connectivity index (χ3v) is 3.87. The Kier molecular flexibility index (Phi) is 4.68. The van der Waals surface area contributed by atoms with E-state index in [2.05, 4.69) is 41.9 Å². The van der Waals surface area contributed by atoms with Crippen LogP contribution in [0.4, 0.5) is 0 Å². The summed E-state index contributed by atoms with van der Waals surface area (Å²) in [5.74, 6) is 2.00. The molecule has 0 saturated heterocycles. The van der Waals surface area contributed by atoms with Gasteiger partial charge in [-0.1, -0.05) is 26.0 Å². The Morgan fingerprint density at radius 1 is 1.14 bits per heavy atom. The second-order valence-electron chi connectivity index (χ2n) is 5.36. The van der Waals surface area contributed by atoms with E-state index in [9.17, 15) is 0 Å². The molecule has 0 radical (unpaired) electrons. The Hall–Kier alpha value is -1.81. The summed E-state index contributed by atoms with van der Waals surface area (Å²) >= 11 is 3.48. The molecule has 0 unspecified atom stereocenters. The van der Waals surface area contributed by atoms with Crippen molar-refractivity contribution in [1.29, 1.82) is 5.41 Å². The number of hydrogen-bond acceptors (Lipinski definition) is 2. The number of aryl methyl sites for hydroxylation is 1. The molecule has 3 nitrogen and oxygen atoms in total. The molecule has 3 N–H and O–H groups in total. The van der Waals surface area contributed by atoms with Crippen LogP contribution in [-0.4, -0.2) is 5.84 Å². The minimum absolute atomic E-state index is 0.0423. The molecule has 0 saturated carbocycles. The molecular weight excluding hydrogens is 328 g/mol. The van der Waals surface area contributed by atoms with Gasteiger partial charge in [-0.05, 0) is 64.2 Å². The summed E-state index contributed by atoms with van der Waals surface area (Å²) in [4.78, 5) is 0. The molecule has 0 atom stereocenters. The fraction of sp³-hybridized carbons (Fsp3) is 0.235. The summed E-state index contributed by atoms with van der Waals surface area (Å²) in [6.07, 6.45) is 0. The van der Waals surface area contributed by atoms with Crippen LogP contribution in [0.1, 0.15) is 36.5 Å². The van der Waals surface area contributed by atoms with E-state index in [0.717, 1.165) is 15.8 Å². The van der Waals surface area contributed by atoms with Crippen LogP contribution >= 0.6 is 15.9 Å². The largest absolute Gasteiger partial charge is 0.456 e. The van der Waals surface area contributed by atoms with Crippen LogP contribution in [0.15, 0.2) is 40.9 Å². The number of hydrogen-bond donors (Lipinski definition) is 2. The van der Waals surface area contributed by atoms with Gasteiger partial charge in [0.05, 0.1) is 4.47 Å². The van der Waals surface area contributed by atoms with Crippen LogP contribution in [0.5, 0.6) is 11.5 Å². The van der Waals surface area contributed by atoms with Crippen molar-refractivity contribution >= 4 is 21.8 Å². The lowest BCUT2D eigenvalue weighted by molar-refractivity contribution is 0.470. The Labute approximate surface area is 133 Å². The van der Waals surface area contributed by atoms with Crippen LogP contribution in [0.25, 0.3) is 0 Å². The molecule has 0 aliphatic heterocycles. The van der Waals surface area contributed by atoms with E-state index in [1.165, 1.54) is 5.56 Å². The first-order valence-electron chi connectivity index (χ1n) is 6.81. The maximum atomic E-state index is 7.46. The summed E-state index contributed by atoms with van der Waals surface area (Å²) in [7, 11) is 0. The standard InChI is InChI=1S/C17H19BrN2O/c1-10(2)13-6-4-11(3)8-16(13)21-15-7-5-12(17(19)20)9-14(15)18/h4-10H,1-3H3,(H3,19,20). The number of rotatable bonds is 4. The van der Waals surface area contributed by atoms with Gasteiger partial charge >= 0.3 is 0 Å². The van der Waals surface area contributed by atoms with Gasteiger partial charge in [0.25, 0.3) is 0 Å². The van der Waals surface area contributed by atoms with Crippen LogP contribution in [0.2, 0.25) is 0 Å². The first kappa shape index (κ1) is 15.6. The highest BCUT2D eigenvalue weighted by molar-refractivity contribution is 9.10. The number of benzene rings is 2. The Morgan fingerprint density at radius 3 is 2.43 bits per heavy atom. The van der Waals surface area contributed by atoms with Crippen LogP contribution < -0.4 is 10.5 Å². The molecule has 0 spiro atoms. The molecule has 2 rings (SSSR count). The zero-order valence-electron chi connectivity index (χ0n) is 12.4. The van der Waals surface area contributed by atoms with E-state index >= 15 is 0 Å². The van der Waals surface area contributed by atoms with Crippen molar-refractivity contribution in [2.24, 2.45) is 5.73 Å². The van der Waals surface area contributed by atoms with Gasteiger partial charge in [0.1, 0.15) is 17.3 Å². The van der Waals surface area contributed by atoms with Crippen molar-refractivity contribution in [3.8, 4) is 11.5 Å². The summed E-state index contributed by atoms with van der Waals surface area (Å²) in [6, 6.07) is 11.6. The number of ether oxygens (including phenoxy) is 1. The fourth-order valence-corrected chi connectivity index (χ4v) is 2.54. The van der Waals surface area contributed by atoms with Gasteiger partial charge in [0.15, 0.2) is 0 Å². The minimum atomic E-state index is 0.0423. The topological polar surface area (TPSA) is 59.1 Å². The van der Waals surface area contributed by atoms with Gasteiger partial charge in [-0.2, -0.15) is 0 Å². The van der Waals surface area contributed by atoms with Crippen LogP contribution in [0, 0.1) is 12.3 Å².